The number of amides is 2. The number of nitrogens with one attached hydrogen (secondary N) is 2. The first-order chi connectivity index (χ1) is 15.1. The second-order valence-corrected chi connectivity index (χ2v) is 7.01. The van der Waals surface area contributed by atoms with Crippen LogP contribution in [0.15, 0.2) is 42.5 Å². The first kappa shape index (κ1) is 23.2. The molecule has 0 saturated carbocycles. The molecule has 0 spiro atoms. The molecular weight excluding hydrogens is 433 g/mol. The molecule has 1 aliphatic heterocycles. The van der Waals surface area contributed by atoms with Crippen LogP contribution >= 0.6 is 0 Å². The Kier molecular flexibility index (Phi) is 6.22. The van der Waals surface area contributed by atoms with Gasteiger partial charge in [0.15, 0.2) is 17.3 Å². The minimum Gasteiger partial charge on any atom is -0.493 e. The average molecular weight is 454 g/mol. The summed E-state index contributed by atoms with van der Waals surface area (Å²) in [5.41, 5.74) is -3.88. The van der Waals surface area contributed by atoms with E-state index in [2.05, 4.69) is 5.32 Å². The number of benzene rings is 2. The summed E-state index contributed by atoms with van der Waals surface area (Å²) < 4.78 is 57.7. The molecule has 0 radical (unpaired) electrons. The van der Waals surface area contributed by atoms with E-state index in [4.69, 9.17) is 14.2 Å². The molecule has 3 N–H and O–H groups in total. The van der Waals surface area contributed by atoms with Gasteiger partial charge in [-0.2, -0.15) is 13.2 Å². The summed E-state index contributed by atoms with van der Waals surface area (Å²) in [4.78, 5) is 25.4. The van der Waals surface area contributed by atoms with Gasteiger partial charge in [-0.1, -0.05) is 30.3 Å². The van der Waals surface area contributed by atoms with Crippen LogP contribution in [0.25, 0.3) is 0 Å². The van der Waals surface area contributed by atoms with Gasteiger partial charge in [-0.3, -0.25) is 4.79 Å². The lowest BCUT2D eigenvalue weighted by Gasteiger charge is -2.45. The quantitative estimate of drug-likeness (QED) is 0.580. The van der Waals surface area contributed by atoms with Crippen LogP contribution in [0.3, 0.4) is 0 Å². The molecule has 1 aliphatic rings. The largest absolute Gasteiger partial charge is 0.493 e. The van der Waals surface area contributed by atoms with Crippen LogP contribution in [0.4, 0.5) is 18.0 Å². The minimum absolute atomic E-state index is 0.0336. The molecule has 0 aliphatic carbocycles. The fourth-order valence-corrected chi connectivity index (χ4v) is 3.68. The molecule has 1 fully saturated rings. The van der Waals surface area contributed by atoms with Gasteiger partial charge in [-0.15, -0.1) is 0 Å². The number of rotatable bonds is 6. The van der Waals surface area contributed by atoms with E-state index in [0.717, 1.165) is 0 Å². The number of urea groups is 1. The van der Waals surface area contributed by atoms with Crippen molar-refractivity contribution in [2.45, 2.75) is 17.9 Å². The molecule has 1 saturated heterocycles. The van der Waals surface area contributed by atoms with E-state index in [-0.39, 0.29) is 28.4 Å². The highest BCUT2D eigenvalue weighted by Gasteiger charge is 2.66. The second kappa shape index (κ2) is 8.58. The molecule has 3 rings (SSSR count). The smallest absolute Gasteiger partial charge is 0.437 e. The van der Waals surface area contributed by atoms with E-state index in [1.807, 2.05) is 0 Å². The zero-order chi connectivity index (χ0) is 23.7. The van der Waals surface area contributed by atoms with Gasteiger partial charge in [0.2, 0.25) is 11.5 Å². The van der Waals surface area contributed by atoms with Crippen molar-refractivity contribution < 1.29 is 42.1 Å². The first-order valence-electron chi connectivity index (χ1n) is 9.34. The normalized spacial score (nSPS) is 23.0. The number of alkyl halides is 3. The highest BCUT2D eigenvalue weighted by molar-refractivity contribution is 6.00. The molecule has 0 aromatic heterocycles. The summed E-state index contributed by atoms with van der Waals surface area (Å²) in [6.07, 6.45) is -5.36. The van der Waals surface area contributed by atoms with Gasteiger partial charge in [0.25, 0.3) is 0 Å². The number of hydrogen-bond donors (Lipinski definition) is 3. The molecule has 3 atom stereocenters. The van der Waals surface area contributed by atoms with Gasteiger partial charge in [-0.25, -0.2) is 4.79 Å². The maximum Gasteiger partial charge on any atom is 0.437 e. The van der Waals surface area contributed by atoms with E-state index in [1.165, 1.54) is 63.0 Å². The standard InChI is InChI=1S/C21H21F3N2O6/c1-30-13-9-12(10-14(31-2)18(13)32-3)16-15(17(27)11-7-5-4-6-8-11)20(29,21(22,23)24)26-19(28)25-16/h4-10,15-16,29H,1-3H3,(H2,25,26,28). The Labute approximate surface area is 181 Å². The van der Waals surface area contributed by atoms with E-state index in [0.29, 0.717) is 0 Å². The number of methoxy groups -OCH3 is 3. The van der Waals surface area contributed by atoms with E-state index in [9.17, 15) is 27.9 Å². The van der Waals surface area contributed by atoms with Crippen molar-refractivity contribution in [1.82, 2.24) is 10.6 Å². The second-order valence-electron chi connectivity index (χ2n) is 7.01. The van der Waals surface area contributed by atoms with Crippen molar-refractivity contribution in [3.05, 3.63) is 53.6 Å². The van der Waals surface area contributed by atoms with Crippen LogP contribution in [-0.4, -0.2) is 50.2 Å². The van der Waals surface area contributed by atoms with Crippen molar-refractivity contribution >= 4 is 11.8 Å². The van der Waals surface area contributed by atoms with Crippen molar-refractivity contribution in [2.75, 3.05) is 21.3 Å². The highest BCUT2D eigenvalue weighted by atomic mass is 19.4. The average Bonchev–Trinajstić information content (AvgIpc) is 2.76. The van der Waals surface area contributed by atoms with E-state index in [1.54, 1.807) is 6.07 Å². The lowest BCUT2D eigenvalue weighted by atomic mass is 9.77. The van der Waals surface area contributed by atoms with Gasteiger partial charge in [0, 0.05) is 5.56 Å². The molecular formula is C21H21F3N2O6. The Hall–Kier alpha value is -3.47. The predicted molar refractivity (Wildman–Crippen MR) is 106 cm³/mol. The van der Waals surface area contributed by atoms with Crippen LogP contribution in [0.2, 0.25) is 0 Å². The van der Waals surface area contributed by atoms with Gasteiger partial charge in [-0.05, 0) is 17.7 Å². The topological polar surface area (TPSA) is 106 Å². The number of Topliss-reactive ketones (excluding diaryl/α,β-unsaturated/α-hetero) is 1. The Morgan fingerprint density at radius 2 is 1.59 bits per heavy atom. The summed E-state index contributed by atoms with van der Waals surface area (Å²) in [5, 5.41) is 14.5. The van der Waals surface area contributed by atoms with Crippen LogP contribution in [-0.2, 0) is 0 Å². The summed E-state index contributed by atoms with van der Waals surface area (Å²) in [6.45, 7) is 0. The van der Waals surface area contributed by atoms with Crippen molar-refractivity contribution in [3.8, 4) is 17.2 Å². The first-order valence-corrected chi connectivity index (χ1v) is 9.34. The number of hydrogen-bond acceptors (Lipinski definition) is 6. The molecule has 0 bridgehead atoms. The fourth-order valence-electron chi connectivity index (χ4n) is 3.68. The molecule has 2 aromatic rings. The molecule has 2 amide bonds. The number of ether oxygens (including phenoxy) is 3. The Balaban J connectivity index is 2.24. The third-order valence-electron chi connectivity index (χ3n) is 5.19. The summed E-state index contributed by atoms with van der Waals surface area (Å²) in [5.74, 6) is -2.86. The highest BCUT2D eigenvalue weighted by Crippen LogP contribution is 2.47. The Morgan fingerprint density at radius 1 is 1.03 bits per heavy atom. The zero-order valence-electron chi connectivity index (χ0n) is 17.3. The number of halogens is 3. The number of carbonyl (C=O) groups is 2. The van der Waals surface area contributed by atoms with Gasteiger partial charge >= 0.3 is 12.2 Å². The van der Waals surface area contributed by atoms with Gasteiger partial charge in [0.05, 0.1) is 27.4 Å². The van der Waals surface area contributed by atoms with E-state index >= 15 is 0 Å². The van der Waals surface area contributed by atoms with Gasteiger partial charge in [0.1, 0.15) is 5.92 Å². The van der Waals surface area contributed by atoms with Crippen LogP contribution < -0.4 is 24.8 Å². The maximum atomic E-state index is 14.0. The SMILES string of the molecule is COc1cc(C2NC(=O)NC(O)(C(F)(F)F)C2C(=O)c2ccccc2)cc(OC)c1OC. The fraction of sp³-hybridized carbons (Fsp3) is 0.333. The monoisotopic (exact) mass is 454 g/mol. The van der Waals surface area contributed by atoms with Crippen molar-refractivity contribution in [1.29, 1.82) is 0 Å². The summed E-state index contributed by atoms with van der Waals surface area (Å²) in [6, 6.07) is 6.90. The molecule has 172 valence electrons. The number of aliphatic hydroxyl groups is 1. The number of carbonyl (C=O) groups excluding carboxylic acids is 2. The minimum atomic E-state index is -5.36. The lowest BCUT2D eigenvalue weighted by molar-refractivity contribution is -0.287. The molecule has 8 nitrogen and oxygen atoms in total. The van der Waals surface area contributed by atoms with Crippen LogP contribution in [0.1, 0.15) is 22.0 Å². The summed E-state index contributed by atoms with van der Waals surface area (Å²) >= 11 is 0. The zero-order valence-corrected chi connectivity index (χ0v) is 17.3. The molecule has 1 heterocycles. The van der Waals surface area contributed by atoms with Crippen LogP contribution in [0.5, 0.6) is 17.2 Å². The molecule has 3 unspecified atom stereocenters. The molecule has 2 aromatic carbocycles. The predicted octanol–water partition coefficient (Wildman–Crippen LogP) is 2.82. The molecule has 11 heteroatoms. The summed E-state index contributed by atoms with van der Waals surface area (Å²) in [7, 11) is 3.96. The van der Waals surface area contributed by atoms with Crippen LogP contribution in [0, 0.1) is 5.92 Å². The Morgan fingerprint density at radius 3 is 2.06 bits per heavy atom. The van der Waals surface area contributed by atoms with Crippen molar-refractivity contribution in [2.24, 2.45) is 5.92 Å². The maximum absolute atomic E-state index is 14.0. The third-order valence-corrected chi connectivity index (χ3v) is 5.19. The van der Waals surface area contributed by atoms with E-state index < -0.39 is 35.7 Å². The third kappa shape index (κ3) is 3.91. The molecule has 32 heavy (non-hydrogen) atoms. The van der Waals surface area contributed by atoms with Crippen molar-refractivity contribution in [3.63, 3.8) is 0 Å². The Bertz CT molecular complexity index is 989. The lowest BCUT2D eigenvalue weighted by Crippen LogP contribution is -2.72. The number of ketones is 1. The van der Waals surface area contributed by atoms with Gasteiger partial charge < -0.3 is 30.0 Å².